The molecule has 1 heterocycles. The zero-order valence-corrected chi connectivity index (χ0v) is 14.0. The van der Waals surface area contributed by atoms with E-state index in [1.54, 1.807) is 0 Å². The lowest BCUT2D eigenvalue weighted by Crippen LogP contribution is -2.55. The lowest BCUT2D eigenvalue weighted by Gasteiger charge is -2.35. The van der Waals surface area contributed by atoms with Gasteiger partial charge in [0.05, 0.1) is 11.5 Å². The second-order valence-corrected chi connectivity index (χ2v) is 7.08. The number of amides is 2. The summed E-state index contributed by atoms with van der Waals surface area (Å²) in [6.07, 6.45) is 8.17. The van der Waals surface area contributed by atoms with E-state index >= 15 is 0 Å². The number of halogens is 1. The van der Waals surface area contributed by atoms with Crippen LogP contribution in [0.2, 0.25) is 0 Å². The lowest BCUT2D eigenvalue weighted by atomic mass is 9.92. The monoisotopic (exact) mass is 329 g/mol. The second kappa shape index (κ2) is 7.18. The Labute approximate surface area is 138 Å². The molecule has 0 aromatic rings. The number of carbonyl (C=O) groups is 2. The molecule has 2 amide bonds. The number of hydrogen-bond donors (Lipinski definition) is 2. The summed E-state index contributed by atoms with van der Waals surface area (Å²) in [6.45, 7) is 1.94. The molecule has 2 saturated carbocycles. The zero-order valence-electron chi connectivity index (χ0n) is 13.2. The van der Waals surface area contributed by atoms with Crippen LogP contribution in [-0.4, -0.2) is 41.9 Å². The molecule has 5 nitrogen and oxygen atoms in total. The van der Waals surface area contributed by atoms with Gasteiger partial charge in [-0.25, -0.2) is 0 Å². The molecule has 3 aliphatic rings. The fraction of sp³-hybridized carbons (Fsp3) is 0.875. The molecule has 126 valence electrons. The van der Waals surface area contributed by atoms with E-state index < -0.39 is 0 Å². The molecule has 1 atom stereocenters. The first-order chi connectivity index (χ1) is 10.1. The van der Waals surface area contributed by atoms with E-state index in [0.29, 0.717) is 13.1 Å². The van der Waals surface area contributed by atoms with Crippen LogP contribution in [0.1, 0.15) is 51.4 Å². The summed E-state index contributed by atoms with van der Waals surface area (Å²) in [5.74, 6) is 0.569. The number of carbonyl (C=O) groups excluding carboxylic acids is 2. The second-order valence-electron chi connectivity index (χ2n) is 7.08. The van der Waals surface area contributed by atoms with Gasteiger partial charge in [-0.2, -0.15) is 0 Å². The largest absolute Gasteiger partial charge is 0.349 e. The van der Waals surface area contributed by atoms with Crippen molar-refractivity contribution >= 4 is 24.2 Å². The van der Waals surface area contributed by atoms with Crippen LogP contribution >= 0.6 is 12.4 Å². The Morgan fingerprint density at radius 1 is 1.09 bits per heavy atom. The van der Waals surface area contributed by atoms with E-state index in [4.69, 9.17) is 5.73 Å². The molecule has 3 fully saturated rings. The van der Waals surface area contributed by atoms with Gasteiger partial charge in [0.2, 0.25) is 11.8 Å². The quantitative estimate of drug-likeness (QED) is 0.819. The SMILES string of the molecule is Cl.NCC1(NC(=O)C2CCCN(C(=O)C3CC3)C2)CCCC1. The maximum absolute atomic E-state index is 12.6. The summed E-state index contributed by atoms with van der Waals surface area (Å²) in [6, 6.07) is 0. The molecular formula is C16H28ClN3O2. The average molecular weight is 330 g/mol. The van der Waals surface area contributed by atoms with Crippen LogP contribution in [0.3, 0.4) is 0 Å². The number of hydrogen-bond acceptors (Lipinski definition) is 3. The van der Waals surface area contributed by atoms with Crippen LogP contribution in [0.5, 0.6) is 0 Å². The molecule has 22 heavy (non-hydrogen) atoms. The highest BCUT2D eigenvalue weighted by molar-refractivity contribution is 5.85. The van der Waals surface area contributed by atoms with E-state index in [2.05, 4.69) is 5.32 Å². The van der Waals surface area contributed by atoms with Crippen molar-refractivity contribution in [3.63, 3.8) is 0 Å². The molecule has 1 aliphatic heterocycles. The van der Waals surface area contributed by atoms with Crippen molar-refractivity contribution in [2.75, 3.05) is 19.6 Å². The molecule has 1 saturated heterocycles. The van der Waals surface area contributed by atoms with Gasteiger partial charge in [-0.1, -0.05) is 12.8 Å². The van der Waals surface area contributed by atoms with Crippen molar-refractivity contribution in [3.8, 4) is 0 Å². The summed E-state index contributed by atoms with van der Waals surface area (Å²) >= 11 is 0. The van der Waals surface area contributed by atoms with Gasteiger partial charge >= 0.3 is 0 Å². The number of nitrogens with two attached hydrogens (primary N) is 1. The molecule has 0 spiro atoms. The smallest absolute Gasteiger partial charge is 0.225 e. The van der Waals surface area contributed by atoms with Gasteiger partial charge in [-0.05, 0) is 38.5 Å². The van der Waals surface area contributed by atoms with E-state index in [9.17, 15) is 9.59 Å². The molecule has 6 heteroatoms. The number of rotatable bonds is 4. The van der Waals surface area contributed by atoms with Crippen molar-refractivity contribution in [2.45, 2.75) is 56.9 Å². The molecule has 0 aromatic heterocycles. The fourth-order valence-corrected chi connectivity index (χ4v) is 3.78. The molecule has 0 aromatic carbocycles. The van der Waals surface area contributed by atoms with Crippen LogP contribution in [0.4, 0.5) is 0 Å². The maximum Gasteiger partial charge on any atom is 0.225 e. The highest BCUT2D eigenvalue weighted by Gasteiger charge is 2.39. The van der Waals surface area contributed by atoms with Crippen molar-refractivity contribution < 1.29 is 9.59 Å². The number of piperidine rings is 1. The Balaban J connectivity index is 0.00000176. The predicted molar refractivity (Wildman–Crippen MR) is 87.7 cm³/mol. The molecule has 1 unspecified atom stereocenters. The van der Waals surface area contributed by atoms with Gasteiger partial charge in [-0.15, -0.1) is 12.4 Å². The Kier molecular flexibility index (Phi) is 5.72. The minimum Gasteiger partial charge on any atom is -0.349 e. The normalized spacial score (nSPS) is 27.1. The summed E-state index contributed by atoms with van der Waals surface area (Å²) in [7, 11) is 0. The van der Waals surface area contributed by atoms with Crippen LogP contribution in [0, 0.1) is 11.8 Å². The van der Waals surface area contributed by atoms with Gasteiger partial charge in [0.25, 0.3) is 0 Å². The van der Waals surface area contributed by atoms with Crippen molar-refractivity contribution in [1.29, 1.82) is 0 Å². The third-order valence-electron chi connectivity index (χ3n) is 5.37. The van der Waals surface area contributed by atoms with Gasteiger partial charge in [0.15, 0.2) is 0 Å². The van der Waals surface area contributed by atoms with Gasteiger partial charge < -0.3 is 16.0 Å². The third kappa shape index (κ3) is 3.74. The zero-order chi connectivity index (χ0) is 14.9. The average Bonchev–Trinajstić information content (AvgIpc) is 3.27. The van der Waals surface area contributed by atoms with E-state index in [-0.39, 0.29) is 41.6 Å². The van der Waals surface area contributed by atoms with E-state index in [1.807, 2.05) is 4.90 Å². The standard InChI is InChI=1S/C16H27N3O2.ClH/c17-11-16(7-1-2-8-16)18-14(20)13-4-3-9-19(10-13)15(21)12-5-6-12;/h12-13H,1-11,17H2,(H,18,20);1H. The van der Waals surface area contributed by atoms with E-state index in [0.717, 1.165) is 57.9 Å². The molecular weight excluding hydrogens is 302 g/mol. The van der Waals surface area contributed by atoms with Crippen molar-refractivity contribution in [3.05, 3.63) is 0 Å². The van der Waals surface area contributed by atoms with E-state index in [1.165, 1.54) is 0 Å². The first-order valence-electron chi connectivity index (χ1n) is 8.44. The number of nitrogens with zero attached hydrogens (tertiary/aromatic N) is 1. The Bertz CT molecular complexity index is 420. The maximum atomic E-state index is 12.6. The lowest BCUT2D eigenvalue weighted by molar-refractivity contribution is -0.137. The fourth-order valence-electron chi connectivity index (χ4n) is 3.78. The summed E-state index contributed by atoms with van der Waals surface area (Å²) in [4.78, 5) is 26.6. The predicted octanol–water partition coefficient (Wildman–Crippen LogP) is 1.44. The van der Waals surface area contributed by atoms with Gasteiger partial charge in [0, 0.05) is 25.6 Å². The van der Waals surface area contributed by atoms with Crippen LogP contribution in [0.15, 0.2) is 0 Å². The Morgan fingerprint density at radius 3 is 2.36 bits per heavy atom. The summed E-state index contributed by atoms with van der Waals surface area (Å²) in [5.41, 5.74) is 5.71. The van der Waals surface area contributed by atoms with Crippen LogP contribution in [-0.2, 0) is 9.59 Å². The number of likely N-dealkylation sites (tertiary alicyclic amines) is 1. The molecule has 0 radical (unpaired) electrons. The first kappa shape index (κ1) is 17.5. The Morgan fingerprint density at radius 2 is 1.77 bits per heavy atom. The summed E-state index contributed by atoms with van der Waals surface area (Å²) in [5, 5.41) is 3.21. The molecule has 0 bridgehead atoms. The van der Waals surface area contributed by atoms with Gasteiger partial charge in [0.1, 0.15) is 0 Å². The topological polar surface area (TPSA) is 75.4 Å². The third-order valence-corrected chi connectivity index (χ3v) is 5.37. The minimum atomic E-state index is -0.181. The highest BCUT2D eigenvalue weighted by atomic mass is 35.5. The molecule has 3 N–H and O–H groups in total. The first-order valence-corrected chi connectivity index (χ1v) is 8.44. The summed E-state index contributed by atoms with van der Waals surface area (Å²) < 4.78 is 0. The highest BCUT2D eigenvalue weighted by Crippen LogP contribution is 2.33. The van der Waals surface area contributed by atoms with Crippen LogP contribution in [0.25, 0.3) is 0 Å². The van der Waals surface area contributed by atoms with Gasteiger partial charge in [-0.3, -0.25) is 9.59 Å². The molecule has 3 rings (SSSR count). The Hall–Kier alpha value is -0.810. The number of nitrogens with one attached hydrogen (secondary N) is 1. The molecule has 2 aliphatic carbocycles. The van der Waals surface area contributed by atoms with Crippen LogP contribution < -0.4 is 11.1 Å². The van der Waals surface area contributed by atoms with Crippen molar-refractivity contribution in [1.82, 2.24) is 10.2 Å². The minimum absolute atomic E-state index is 0. The van der Waals surface area contributed by atoms with Crippen molar-refractivity contribution in [2.24, 2.45) is 17.6 Å².